The maximum atomic E-state index is 13.1. The average Bonchev–Trinajstić information content (AvgIpc) is 3.09. The highest BCUT2D eigenvalue weighted by molar-refractivity contribution is 5.74. The molecular formula is C26H38O7. The van der Waals surface area contributed by atoms with Crippen LogP contribution >= 0.6 is 0 Å². The van der Waals surface area contributed by atoms with Crippen LogP contribution in [-0.2, 0) is 33.3 Å². The van der Waals surface area contributed by atoms with Gasteiger partial charge in [-0.25, -0.2) is 0 Å². The Bertz CT molecular complexity index is 836. The minimum absolute atomic E-state index is 0.0349. The Hall–Kier alpha value is -1.89. The number of hydrogen-bond donors (Lipinski definition) is 0. The fourth-order valence-electron chi connectivity index (χ4n) is 6.95. The fourth-order valence-corrected chi connectivity index (χ4v) is 6.95. The first-order valence-corrected chi connectivity index (χ1v) is 12.4. The van der Waals surface area contributed by atoms with E-state index in [1.807, 2.05) is 27.7 Å². The molecule has 3 saturated heterocycles. The lowest BCUT2D eigenvalue weighted by atomic mass is 9.58. The van der Waals surface area contributed by atoms with E-state index in [0.29, 0.717) is 32.1 Å². The number of esters is 3. The zero-order valence-electron chi connectivity index (χ0n) is 20.6. The summed E-state index contributed by atoms with van der Waals surface area (Å²) >= 11 is 0. The van der Waals surface area contributed by atoms with Crippen molar-refractivity contribution in [2.75, 3.05) is 0 Å². The molecule has 7 heteroatoms. The molecule has 0 aromatic carbocycles. The van der Waals surface area contributed by atoms with E-state index in [-0.39, 0.29) is 53.8 Å². The number of rotatable bonds is 4. The van der Waals surface area contributed by atoms with Gasteiger partial charge in [0.25, 0.3) is 0 Å². The van der Waals surface area contributed by atoms with Crippen LogP contribution in [0.3, 0.4) is 0 Å². The van der Waals surface area contributed by atoms with Crippen molar-refractivity contribution >= 4 is 17.9 Å². The molecule has 2 bridgehead atoms. The van der Waals surface area contributed by atoms with E-state index in [9.17, 15) is 14.4 Å². The SMILES string of the molecule is C=C1CC2OC3[C@H]4C(CC[C@@](C)(OC(=O)CCC)[C@@H]24)[C@@H](C)C(=O)O[C@@]3(C)CC[C@H]1OC(C)=O. The second kappa shape index (κ2) is 8.71. The molecule has 3 aliphatic heterocycles. The summed E-state index contributed by atoms with van der Waals surface area (Å²) in [4.78, 5) is 37.5. The maximum Gasteiger partial charge on any atom is 0.309 e. The predicted octanol–water partition coefficient (Wildman–Crippen LogP) is 4.12. The van der Waals surface area contributed by atoms with Crippen LogP contribution in [0.1, 0.15) is 79.6 Å². The van der Waals surface area contributed by atoms with Crippen molar-refractivity contribution in [1.82, 2.24) is 0 Å². The molecule has 1 saturated carbocycles. The van der Waals surface area contributed by atoms with Gasteiger partial charge in [-0.3, -0.25) is 14.4 Å². The van der Waals surface area contributed by atoms with Gasteiger partial charge in [-0.2, -0.15) is 0 Å². The van der Waals surface area contributed by atoms with Gasteiger partial charge in [0.1, 0.15) is 23.4 Å². The monoisotopic (exact) mass is 462 g/mol. The maximum absolute atomic E-state index is 13.1. The van der Waals surface area contributed by atoms with Gasteiger partial charge >= 0.3 is 17.9 Å². The van der Waals surface area contributed by atoms with Crippen molar-refractivity contribution in [2.24, 2.45) is 23.7 Å². The van der Waals surface area contributed by atoms with E-state index in [1.165, 1.54) is 6.92 Å². The van der Waals surface area contributed by atoms with Gasteiger partial charge in [-0.15, -0.1) is 0 Å². The highest BCUT2D eigenvalue weighted by Gasteiger charge is 2.66. The minimum Gasteiger partial charge on any atom is -0.459 e. The van der Waals surface area contributed by atoms with Crippen LogP contribution < -0.4 is 0 Å². The van der Waals surface area contributed by atoms with Crippen molar-refractivity contribution in [3.63, 3.8) is 0 Å². The molecule has 1 aliphatic carbocycles. The van der Waals surface area contributed by atoms with Crippen molar-refractivity contribution < 1.29 is 33.3 Å². The van der Waals surface area contributed by atoms with Gasteiger partial charge in [-0.05, 0) is 63.9 Å². The first kappa shape index (κ1) is 24.2. The predicted molar refractivity (Wildman–Crippen MR) is 120 cm³/mol. The summed E-state index contributed by atoms with van der Waals surface area (Å²) < 4.78 is 24.6. The lowest BCUT2D eigenvalue weighted by Crippen LogP contribution is -2.55. The van der Waals surface area contributed by atoms with Gasteiger partial charge in [0.15, 0.2) is 0 Å². The Balaban J connectivity index is 1.78. The molecule has 9 atom stereocenters. The molecule has 0 aromatic rings. The van der Waals surface area contributed by atoms with Crippen molar-refractivity contribution in [2.45, 2.75) is 109 Å². The highest BCUT2D eigenvalue weighted by Crippen LogP contribution is 2.59. The Labute approximate surface area is 196 Å². The van der Waals surface area contributed by atoms with Gasteiger partial charge < -0.3 is 18.9 Å². The van der Waals surface area contributed by atoms with Crippen LogP contribution in [0.15, 0.2) is 12.2 Å². The van der Waals surface area contributed by atoms with Crippen LogP contribution in [-0.4, -0.2) is 47.4 Å². The van der Waals surface area contributed by atoms with Gasteiger partial charge in [0, 0.05) is 25.2 Å². The van der Waals surface area contributed by atoms with Crippen LogP contribution in [0, 0.1) is 23.7 Å². The smallest absolute Gasteiger partial charge is 0.309 e. The fraction of sp³-hybridized carbons (Fsp3) is 0.808. The number of carbonyl (C=O) groups excluding carboxylic acids is 3. The first-order valence-electron chi connectivity index (χ1n) is 12.4. The van der Waals surface area contributed by atoms with Crippen molar-refractivity contribution in [3.8, 4) is 0 Å². The van der Waals surface area contributed by atoms with E-state index in [0.717, 1.165) is 18.4 Å². The van der Waals surface area contributed by atoms with E-state index in [2.05, 4.69) is 6.58 Å². The van der Waals surface area contributed by atoms with Crippen LogP contribution in [0.5, 0.6) is 0 Å². The summed E-state index contributed by atoms with van der Waals surface area (Å²) in [5.41, 5.74) is -0.759. The van der Waals surface area contributed by atoms with E-state index >= 15 is 0 Å². The van der Waals surface area contributed by atoms with E-state index in [1.54, 1.807) is 0 Å². The summed E-state index contributed by atoms with van der Waals surface area (Å²) in [6, 6.07) is 0. The molecule has 4 rings (SSSR count). The first-order chi connectivity index (χ1) is 15.5. The molecule has 0 radical (unpaired) electrons. The summed E-state index contributed by atoms with van der Waals surface area (Å²) in [5.74, 6) is -0.968. The van der Waals surface area contributed by atoms with Gasteiger partial charge in [0.05, 0.1) is 12.0 Å². The highest BCUT2D eigenvalue weighted by atomic mass is 16.6. The molecular weight excluding hydrogens is 424 g/mol. The largest absolute Gasteiger partial charge is 0.459 e. The summed E-state index contributed by atoms with van der Waals surface area (Å²) in [5, 5.41) is 0. The quantitative estimate of drug-likeness (QED) is 0.353. The van der Waals surface area contributed by atoms with Gasteiger partial charge in [0.2, 0.25) is 0 Å². The molecule has 4 fully saturated rings. The standard InChI is InChI=1S/C26H38O7/c1-7-8-20(28)32-25(5)11-9-17-15(3)24(29)33-26(6)12-10-18(30-16(4)27)14(2)13-19-22(25)21(17)23(26)31-19/h15,17-19,21-23H,2,7-13H2,1,3-6H3/t15-,17?,18-,19?,21+,22+,23?,25-,26+/m1/s1. The van der Waals surface area contributed by atoms with Crippen LogP contribution in [0.4, 0.5) is 0 Å². The molecule has 0 spiro atoms. The molecule has 3 heterocycles. The number of carbonyl (C=O) groups is 3. The third kappa shape index (κ3) is 4.22. The molecule has 0 aromatic heterocycles. The lowest BCUT2D eigenvalue weighted by Gasteiger charge is -2.49. The second-order valence-electron chi connectivity index (χ2n) is 11.0. The van der Waals surface area contributed by atoms with Crippen molar-refractivity contribution in [1.29, 1.82) is 0 Å². The molecule has 0 amide bonds. The number of hydrogen-bond acceptors (Lipinski definition) is 7. The van der Waals surface area contributed by atoms with Gasteiger partial charge in [-0.1, -0.05) is 20.4 Å². The van der Waals surface area contributed by atoms with Crippen LogP contribution in [0.2, 0.25) is 0 Å². The number of ether oxygens (including phenoxy) is 4. The third-order valence-electron chi connectivity index (χ3n) is 8.54. The van der Waals surface area contributed by atoms with E-state index in [4.69, 9.17) is 18.9 Å². The molecule has 0 N–H and O–H groups in total. The lowest BCUT2D eigenvalue weighted by molar-refractivity contribution is -0.181. The normalized spacial score (nSPS) is 44.6. The summed E-state index contributed by atoms with van der Waals surface area (Å²) in [6.07, 6.45) is 3.08. The Morgan fingerprint density at radius 3 is 2.61 bits per heavy atom. The Morgan fingerprint density at radius 2 is 1.94 bits per heavy atom. The summed E-state index contributed by atoms with van der Waals surface area (Å²) in [6.45, 7) is 13.5. The Morgan fingerprint density at radius 1 is 1.21 bits per heavy atom. The molecule has 33 heavy (non-hydrogen) atoms. The molecule has 3 unspecified atom stereocenters. The molecule has 184 valence electrons. The van der Waals surface area contributed by atoms with Crippen LogP contribution in [0.25, 0.3) is 0 Å². The molecule has 7 nitrogen and oxygen atoms in total. The van der Waals surface area contributed by atoms with Crippen molar-refractivity contribution in [3.05, 3.63) is 12.2 Å². The Kier molecular flexibility index (Phi) is 6.40. The zero-order chi connectivity index (χ0) is 24.1. The topological polar surface area (TPSA) is 88.1 Å². The number of fused-ring (bicyclic) bond motifs is 2. The summed E-state index contributed by atoms with van der Waals surface area (Å²) in [7, 11) is 0. The minimum atomic E-state index is -0.855. The third-order valence-corrected chi connectivity index (χ3v) is 8.54. The molecule has 4 aliphatic rings. The zero-order valence-corrected chi connectivity index (χ0v) is 20.6. The van der Waals surface area contributed by atoms with E-state index < -0.39 is 17.3 Å². The second-order valence-corrected chi connectivity index (χ2v) is 11.0. The average molecular weight is 463 g/mol.